The highest BCUT2D eigenvalue weighted by Crippen LogP contribution is 2.10. The number of rotatable bonds is 2. The van der Waals surface area contributed by atoms with Crippen LogP contribution in [0.2, 0.25) is 0 Å². The zero-order chi connectivity index (χ0) is 9.80. The summed E-state index contributed by atoms with van der Waals surface area (Å²) < 4.78 is 0. The third-order valence-electron chi connectivity index (χ3n) is 2.43. The monoisotopic (exact) mass is 192 g/mol. The molecule has 4 nitrogen and oxygen atoms in total. The van der Waals surface area contributed by atoms with Crippen molar-refractivity contribution in [1.82, 2.24) is 15.2 Å². The van der Waals surface area contributed by atoms with E-state index in [2.05, 4.69) is 20.6 Å². The number of nitrogens with zero attached hydrogens (tertiary/aromatic N) is 3. The Hall–Kier alpha value is -1.16. The molecule has 0 aromatic carbocycles. The molecule has 0 radical (unpaired) electrons. The molecule has 1 aromatic rings. The van der Waals surface area contributed by atoms with Crippen LogP contribution >= 0.6 is 0 Å². The molecule has 76 valence electrons. The standard InChI is InChI=1S/C10H16N4/c1-9-5-6-10(12-11-9)13-14-7-3-2-4-8-14/h5-6H,2-4,7-8H2,1H3,(H,12,13). The van der Waals surface area contributed by atoms with Crippen LogP contribution in [0.1, 0.15) is 25.0 Å². The topological polar surface area (TPSA) is 41.0 Å². The Morgan fingerprint density at radius 1 is 1.14 bits per heavy atom. The maximum absolute atomic E-state index is 4.07. The highest BCUT2D eigenvalue weighted by atomic mass is 15.5. The maximum atomic E-state index is 4.07. The molecule has 1 fully saturated rings. The maximum Gasteiger partial charge on any atom is 0.163 e. The van der Waals surface area contributed by atoms with E-state index < -0.39 is 0 Å². The van der Waals surface area contributed by atoms with E-state index in [0.29, 0.717) is 0 Å². The van der Waals surface area contributed by atoms with E-state index in [0.717, 1.165) is 24.6 Å². The lowest BCUT2D eigenvalue weighted by molar-refractivity contribution is 0.272. The van der Waals surface area contributed by atoms with E-state index >= 15 is 0 Å². The van der Waals surface area contributed by atoms with Gasteiger partial charge in [0, 0.05) is 13.1 Å². The summed E-state index contributed by atoms with van der Waals surface area (Å²) in [6.45, 7) is 4.16. The van der Waals surface area contributed by atoms with Crippen molar-refractivity contribution in [2.45, 2.75) is 26.2 Å². The van der Waals surface area contributed by atoms with Crippen molar-refractivity contribution >= 4 is 5.82 Å². The number of hydrogen-bond acceptors (Lipinski definition) is 4. The summed E-state index contributed by atoms with van der Waals surface area (Å²) in [6.07, 6.45) is 3.89. The van der Waals surface area contributed by atoms with Gasteiger partial charge in [-0.05, 0) is 31.9 Å². The molecule has 0 unspecified atom stereocenters. The Bertz CT molecular complexity index is 277. The van der Waals surface area contributed by atoms with Gasteiger partial charge in [-0.1, -0.05) is 6.42 Å². The lowest BCUT2D eigenvalue weighted by Crippen LogP contribution is -2.35. The second kappa shape index (κ2) is 4.37. The van der Waals surface area contributed by atoms with Crippen LogP contribution in [0.25, 0.3) is 0 Å². The molecule has 0 amide bonds. The quantitative estimate of drug-likeness (QED) is 0.772. The van der Waals surface area contributed by atoms with Gasteiger partial charge in [0.1, 0.15) is 0 Å². The van der Waals surface area contributed by atoms with Crippen LogP contribution in [0.3, 0.4) is 0 Å². The van der Waals surface area contributed by atoms with Gasteiger partial charge in [-0.15, -0.1) is 5.10 Å². The highest BCUT2D eigenvalue weighted by molar-refractivity contribution is 5.31. The van der Waals surface area contributed by atoms with E-state index in [1.807, 2.05) is 19.1 Å². The number of nitrogens with one attached hydrogen (secondary N) is 1. The van der Waals surface area contributed by atoms with Crippen LogP contribution in [0, 0.1) is 6.92 Å². The molecule has 1 aromatic heterocycles. The average molecular weight is 192 g/mol. The SMILES string of the molecule is Cc1ccc(NN2CCCCC2)nn1. The Morgan fingerprint density at radius 3 is 2.57 bits per heavy atom. The highest BCUT2D eigenvalue weighted by Gasteiger charge is 2.09. The number of hydrazine groups is 1. The fraction of sp³-hybridized carbons (Fsp3) is 0.600. The molecule has 1 aliphatic rings. The van der Waals surface area contributed by atoms with Gasteiger partial charge in [0.15, 0.2) is 5.82 Å². The van der Waals surface area contributed by atoms with Gasteiger partial charge < -0.3 is 5.43 Å². The van der Waals surface area contributed by atoms with E-state index in [1.165, 1.54) is 19.3 Å². The molecule has 0 spiro atoms. The minimum atomic E-state index is 0.845. The Morgan fingerprint density at radius 2 is 1.93 bits per heavy atom. The largest absolute Gasteiger partial charge is 0.302 e. The third kappa shape index (κ3) is 2.42. The van der Waals surface area contributed by atoms with Crippen molar-refractivity contribution in [3.8, 4) is 0 Å². The fourth-order valence-electron chi connectivity index (χ4n) is 1.63. The van der Waals surface area contributed by atoms with E-state index in [9.17, 15) is 0 Å². The predicted octanol–water partition coefficient (Wildman–Crippen LogP) is 1.60. The number of piperidine rings is 1. The van der Waals surface area contributed by atoms with Crippen molar-refractivity contribution < 1.29 is 0 Å². The first-order valence-electron chi connectivity index (χ1n) is 5.16. The second-order valence-corrected chi connectivity index (χ2v) is 3.72. The van der Waals surface area contributed by atoms with Gasteiger partial charge in [0.05, 0.1) is 5.69 Å². The minimum Gasteiger partial charge on any atom is -0.302 e. The van der Waals surface area contributed by atoms with Crippen LogP contribution in [-0.2, 0) is 0 Å². The molecule has 1 aliphatic heterocycles. The van der Waals surface area contributed by atoms with Crippen molar-refractivity contribution in [3.05, 3.63) is 17.8 Å². The van der Waals surface area contributed by atoms with Crippen LogP contribution < -0.4 is 5.43 Å². The van der Waals surface area contributed by atoms with Crippen LogP contribution in [0.15, 0.2) is 12.1 Å². The van der Waals surface area contributed by atoms with Crippen LogP contribution in [0.4, 0.5) is 5.82 Å². The lowest BCUT2D eigenvalue weighted by Gasteiger charge is -2.26. The summed E-state index contributed by atoms with van der Waals surface area (Å²) in [6, 6.07) is 3.94. The number of anilines is 1. The first-order valence-corrected chi connectivity index (χ1v) is 5.16. The first-order chi connectivity index (χ1) is 6.84. The predicted molar refractivity (Wildman–Crippen MR) is 55.8 cm³/mol. The first kappa shape index (κ1) is 9.40. The summed E-state index contributed by atoms with van der Waals surface area (Å²) in [5.41, 5.74) is 4.22. The summed E-state index contributed by atoms with van der Waals surface area (Å²) in [4.78, 5) is 0. The average Bonchev–Trinajstić information content (AvgIpc) is 2.23. The van der Waals surface area contributed by atoms with E-state index in [4.69, 9.17) is 0 Å². The zero-order valence-corrected chi connectivity index (χ0v) is 8.53. The van der Waals surface area contributed by atoms with Gasteiger partial charge in [0.25, 0.3) is 0 Å². The molecule has 0 saturated carbocycles. The van der Waals surface area contributed by atoms with Gasteiger partial charge >= 0.3 is 0 Å². The molecule has 0 atom stereocenters. The van der Waals surface area contributed by atoms with Crippen LogP contribution in [0.5, 0.6) is 0 Å². The van der Waals surface area contributed by atoms with Crippen LogP contribution in [-0.4, -0.2) is 28.3 Å². The van der Waals surface area contributed by atoms with E-state index in [-0.39, 0.29) is 0 Å². The molecule has 1 N–H and O–H groups in total. The normalized spacial score (nSPS) is 18.1. The van der Waals surface area contributed by atoms with Gasteiger partial charge in [-0.2, -0.15) is 5.10 Å². The molecule has 4 heteroatoms. The summed E-state index contributed by atoms with van der Waals surface area (Å²) >= 11 is 0. The van der Waals surface area contributed by atoms with Crippen molar-refractivity contribution in [1.29, 1.82) is 0 Å². The molecule has 2 heterocycles. The van der Waals surface area contributed by atoms with Gasteiger partial charge in [-0.3, -0.25) is 0 Å². The molecule has 0 bridgehead atoms. The van der Waals surface area contributed by atoms with E-state index in [1.54, 1.807) is 0 Å². The van der Waals surface area contributed by atoms with Crippen molar-refractivity contribution in [2.24, 2.45) is 0 Å². The number of aryl methyl sites for hydroxylation is 1. The lowest BCUT2D eigenvalue weighted by atomic mass is 10.2. The molecule has 1 saturated heterocycles. The summed E-state index contributed by atoms with van der Waals surface area (Å²) in [5.74, 6) is 0.845. The minimum absolute atomic E-state index is 0.845. The Kier molecular flexibility index (Phi) is 2.93. The molecular formula is C10H16N4. The second-order valence-electron chi connectivity index (χ2n) is 3.72. The Balaban J connectivity index is 1.92. The Labute approximate surface area is 84.3 Å². The van der Waals surface area contributed by atoms with Crippen molar-refractivity contribution in [3.63, 3.8) is 0 Å². The zero-order valence-electron chi connectivity index (χ0n) is 8.53. The molecular weight excluding hydrogens is 176 g/mol. The third-order valence-corrected chi connectivity index (χ3v) is 2.43. The summed E-state index contributed by atoms with van der Waals surface area (Å²) in [7, 11) is 0. The fourth-order valence-corrected chi connectivity index (χ4v) is 1.63. The molecule has 2 rings (SSSR count). The molecule has 14 heavy (non-hydrogen) atoms. The number of hydrogen-bond donors (Lipinski definition) is 1. The van der Waals surface area contributed by atoms with Crippen molar-refractivity contribution in [2.75, 3.05) is 18.5 Å². The van der Waals surface area contributed by atoms with Gasteiger partial charge in [0.2, 0.25) is 0 Å². The number of aromatic nitrogens is 2. The molecule has 0 aliphatic carbocycles. The smallest absolute Gasteiger partial charge is 0.163 e. The summed E-state index contributed by atoms with van der Waals surface area (Å²) in [5, 5.41) is 10.3. The van der Waals surface area contributed by atoms with Gasteiger partial charge in [-0.25, -0.2) is 5.01 Å².